The van der Waals surface area contributed by atoms with E-state index in [1.165, 1.54) is 6.07 Å². The zero-order valence-corrected chi connectivity index (χ0v) is 12.8. The maximum absolute atomic E-state index is 13.1. The van der Waals surface area contributed by atoms with E-state index in [-0.39, 0.29) is 5.82 Å². The van der Waals surface area contributed by atoms with Crippen molar-refractivity contribution in [2.75, 3.05) is 11.9 Å². The van der Waals surface area contributed by atoms with E-state index in [9.17, 15) is 4.39 Å². The highest BCUT2D eigenvalue weighted by Gasteiger charge is 2.02. The van der Waals surface area contributed by atoms with Crippen molar-refractivity contribution in [2.45, 2.75) is 27.3 Å². The molecule has 0 aliphatic rings. The number of aryl methyl sites for hydroxylation is 1. The molecule has 21 heavy (non-hydrogen) atoms. The van der Waals surface area contributed by atoms with Crippen molar-refractivity contribution in [1.82, 2.24) is 0 Å². The Morgan fingerprint density at radius 3 is 2.67 bits per heavy atom. The number of hydrogen-bond donors (Lipinski definition) is 1. The maximum atomic E-state index is 13.1. The second kappa shape index (κ2) is 7.11. The number of benzene rings is 2. The van der Waals surface area contributed by atoms with E-state index in [0.29, 0.717) is 19.1 Å². The summed E-state index contributed by atoms with van der Waals surface area (Å²) in [5, 5.41) is 3.35. The lowest BCUT2D eigenvalue weighted by Gasteiger charge is -2.12. The van der Waals surface area contributed by atoms with Gasteiger partial charge in [0.05, 0.1) is 6.61 Å². The van der Waals surface area contributed by atoms with Crippen LogP contribution in [-0.2, 0) is 6.54 Å². The SMILES string of the molecule is Cc1cc(F)ccc1CNc1cccc(OCC(C)C)c1. The Labute approximate surface area is 126 Å². The number of halogens is 1. The molecule has 0 saturated heterocycles. The molecular formula is C18H22FNO. The van der Waals surface area contributed by atoms with Crippen LogP contribution in [-0.4, -0.2) is 6.61 Å². The highest BCUT2D eigenvalue weighted by molar-refractivity contribution is 5.49. The first-order chi connectivity index (χ1) is 10.0. The number of nitrogens with one attached hydrogen (secondary N) is 1. The van der Waals surface area contributed by atoms with Crippen molar-refractivity contribution >= 4 is 5.69 Å². The van der Waals surface area contributed by atoms with Crippen molar-refractivity contribution < 1.29 is 9.13 Å². The first kappa shape index (κ1) is 15.4. The molecule has 0 bridgehead atoms. The lowest BCUT2D eigenvalue weighted by molar-refractivity contribution is 0.271. The zero-order valence-electron chi connectivity index (χ0n) is 12.8. The standard InChI is InChI=1S/C18H22FNO/c1-13(2)12-21-18-6-4-5-17(10-18)20-11-15-7-8-16(19)9-14(15)3/h4-10,13,20H,11-12H2,1-3H3. The Balaban J connectivity index is 1.98. The fraction of sp³-hybridized carbons (Fsp3) is 0.333. The number of ether oxygens (including phenoxy) is 1. The average Bonchev–Trinajstić information content (AvgIpc) is 2.45. The first-order valence-electron chi connectivity index (χ1n) is 7.26. The molecule has 0 unspecified atom stereocenters. The maximum Gasteiger partial charge on any atom is 0.123 e. The highest BCUT2D eigenvalue weighted by atomic mass is 19.1. The van der Waals surface area contributed by atoms with Crippen LogP contribution in [0.4, 0.5) is 10.1 Å². The third-order valence-corrected chi connectivity index (χ3v) is 3.20. The summed E-state index contributed by atoms with van der Waals surface area (Å²) in [5.74, 6) is 1.17. The van der Waals surface area contributed by atoms with Crippen molar-refractivity contribution in [3.05, 3.63) is 59.4 Å². The summed E-state index contributed by atoms with van der Waals surface area (Å²) in [6.45, 7) is 7.54. The van der Waals surface area contributed by atoms with Crippen molar-refractivity contribution in [1.29, 1.82) is 0 Å². The van der Waals surface area contributed by atoms with Crippen LogP contribution in [0.5, 0.6) is 5.75 Å². The quantitative estimate of drug-likeness (QED) is 0.825. The summed E-state index contributed by atoms with van der Waals surface area (Å²) in [7, 11) is 0. The smallest absolute Gasteiger partial charge is 0.123 e. The molecule has 3 heteroatoms. The van der Waals surface area contributed by atoms with E-state index in [1.807, 2.05) is 37.3 Å². The highest BCUT2D eigenvalue weighted by Crippen LogP contribution is 2.19. The Kier molecular flexibility index (Phi) is 5.20. The number of anilines is 1. The van der Waals surface area contributed by atoms with Gasteiger partial charge in [-0.2, -0.15) is 0 Å². The topological polar surface area (TPSA) is 21.3 Å². The van der Waals surface area contributed by atoms with Crippen LogP contribution in [0.2, 0.25) is 0 Å². The molecule has 0 fully saturated rings. The molecule has 0 saturated carbocycles. The fourth-order valence-corrected chi connectivity index (χ4v) is 2.01. The van der Waals surface area contributed by atoms with Crippen LogP contribution in [0.1, 0.15) is 25.0 Å². The molecule has 2 rings (SSSR count). The van der Waals surface area contributed by atoms with E-state index in [4.69, 9.17) is 4.74 Å². The van der Waals surface area contributed by atoms with E-state index < -0.39 is 0 Å². The monoisotopic (exact) mass is 287 g/mol. The second-order valence-corrected chi connectivity index (χ2v) is 5.66. The Hall–Kier alpha value is -2.03. The molecule has 1 N–H and O–H groups in total. The van der Waals surface area contributed by atoms with Crippen LogP contribution >= 0.6 is 0 Å². The molecule has 0 aromatic heterocycles. The summed E-state index contributed by atoms with van der Waals surface area (Å²) in [6.07, 6.45) is 0. The molecule has 0 heterocycles. The molecule has 2 aromatic rings. The molecule has 2 nitrogen and oxygen atoms in total. The summed E-state index contributed by atoms with van der Waals surface area (Å²) < 4.78 is 18.8. The van der Waals surface area contributed by atoms with E-state index in [1.54, 1.807) is 6.07 Å². The molecule has 0 aliphatic heterocycles. The minimum Gasteiger partial charge on any atom is -0.493 e. The average molecular weight is 287 g/mol. The van der Waals surface area contributed by atoms with Crippen LogP contribution < -0.4 is 10.1 Å². The predicted octanol–water partition coefficient (Wildman–Crippen LogP) is 4.78. The van der Waals surface area contributed by atoms with E-state index in [0.717, 1.165) is 22.6 Å². The second-order valence-electron chi connectivity index (χ2n) is 5.66. The summed E-state index contributed by atoms with van der Waals surface area (Å²) in [5.41, 5.74) is 3.04. The van der Waals surface area contributed by atoms with Gasteiger partial charge in [0.15, 0.2) is 0 Å². The molecule has 0 aliphatic carbocycles. The van der Waals surface area contributed by atoms with Gasteiger partial charge >= 0.3 is 0 Å². The van der Waals surface area contributed by atoms with Crippen LogP contribution in [0.3, 0.4) is 0 Å². The van der Waals surface area contributed by atoms with Crippen LogP contribution in [0.15, 0.2) is 42.5 Å². The lowest BCUT2D eigenvalue weighted by atomic mass is 10.1. The van der Waals surface area contributed by atoms with Gasteiger partial charge in [0.25, 0.3) is 0 Å². The largest absolute Gasteiger partial charge is 0.493 e. The van der Waals surface area contributed by atoms with Crippen molar-refractivity contribution in [3.8, 4) is 5.75 Å². The molecule has 0 amide bonds. The van der Waals surface area contributed by atoms with Gasteiger partial charge in [0.2, 0.25) is 0 Å². The molecule has 0 spiro atoms. The Morgan fingerprint density at radius 1 is 1.14 bits per heavy atom. The molecule has 2 aromatic carbocycles. The van der Waals surface area contributed by atoms with Gasteiger partial charge in [0.1, 0.15) is 11.6 Å². The minimum atomic E-state index is -0.194. The van der Waals surface area contributed by atoms with Gasteiger partial charge in [0, 0.05) is 18.3 Å². The predicted molar refractivity (Wildman–Crippen MR) is 85.2 cm³/mol. The van der Waals surface area contributed by atoms with Crippen LogP contribution in [0, 0.1) is 18.7 Å². The molecule has 0 atom stereocenters. The summed E-state index contributed by atoms with van der Waals surface area (Å²) >= 11 is 0. The molecule has 112 valence electrons. The fourth-order valence-electron chi connectivity index (χ4n) is 2.01. The van der Waals surface area contributed by atoms with Gasteiger partial charge in [-0.25, -0.2) is 4.39 Å². The normalized spacial score (nSPS) is 10.7. The Morgan fingerprint density at radius 2 is 1.95 bits per heavy atom. The minimum absolute atomic E-state index is 0.194. The van der Waals surface area contributed by atoms with Gasteiger partial charge in [-0.15, -0.1) is 0 Å². The van der Waals surface area contributed by atoms with Gasteiger partial charge in [-0.05, 0) is 48.2 Å². The first-order valence-corrected chi connectivity index (χ1v) is 7.26. The molecule has 0 radical (unpaired) electrons. The van der Waals surface area contributed by atoms with Crippen molar-refractivity contribution in [2.24, 2.45) is 5.92 Å². The van der Waals surface area contributed by atoms with E-state index >= 15 is 0 Å². The summed E-state index contributed by atoms with van der Waals surface area (Å²) in [4.78, 5) is 0. The van der Waals surface area contributed by atoms with Gasteiger partial charge in [-0.1, -0.05) is 26.0 Å². The summed E-state index contributed by atoms with van der Waals surface area (Å²) in [6, 6.07) is 12.8. The third-order valence-electron chi connectivity index (χ3n) is 3.20. The van der Waals surface area contributed by atoms with E-state index in [2.05, 4.69) is 19.2 Å². The molecular weight excluding hydrogens is 265 g/mol. The lowest BCUT2D eigenvalue weighted by Crippen LogP contribution is -2.05. The van der Waals surface area contributed by atoms with Crippen molar-refractivity contribution in [3.63, 3.8) is 0 Å². The third kappa shape index (κ3) is 4.78. The van der Waals surface area contributed by atoms with Gasteiger partial charge < -0.3 is 10.1 Å². The number of hydrogen-bond acceptors (Lipinski definition) is 2. The Bertz CT molecular complexity index is 596. The number of rotatable bonds is 6. The zero-order chi connectivity index (χ0) is 15.2. The van der Waals surface area contributed by atoms with Gasteiger partial charge in [-0.3, -0.25) is 0 Å². The van der Waals surface area contributed by atoms with Crippen LogP contribution in [0.25, 0.3) is 0 Å².